The second-order valence-electron chi connectivity index (χ2n) is 4.07. The Balaban J connectivity index is 2.42. The van der Waals surface area contributed by atoms with Gasteiger partial charge in [-0.05, 0) is 12.8 Å². The van der Waals surface area contributed by atoms with Crippen molar-refractivity contribution >= 4 is 17.5 Å². The van der Waals surface area contributed by atoms with Crippen LogP contribution in [-0.2, 0) is 4.79 Å². The molecule has 76 valence electrons. The van der Waals surface area contributed by atoms with Crippen LogP contribution < -0.4 is 5.32 Å². The lowest BCUT2D eigenvalue weighted by molar-refractivity contribution is -0.131. The fourth-order valence-corrected chi connectivity index (χ4v) is 2.03. The molecule has 1 saturated carbocycles. The Bertz CT molecular complexity index is 176. The minimum absolute atomic E-state index is 0.121. The number of carbonyl (C=O) groups is 1. The van der Waals surface area contributed by atoms with E-state index in [1.807, 2.05) is 0 Å². The van der Waals surface area contributed by atoms with Crippen LogP contribution in [0.4, 0.5) is 0 Å². The summed E-state index contributed by atoms with van der Waals surface area (Å²) in [5, 5.41) is 2.87. The van der Waals surface area contributed by atoms with Gasteiger partial charge in [-0.2, -0.15) is 0 Å². The monoisotopic (exact) mass is 203 g/mol. The van der Waals surface area contributed by atoms with Crippen LogP contribution in [0.5, 0.6) is 0 Å². The van der Waals surface area contributed by atoms with E-state index in [0.29, 0.717) is 12.4 Å². The van der Waals surface area contributed by atoms with E-state index < -0.39 is 0 Å². The van der Waals surface area contributed by atoms with Crippen LogP contribution in [0.2, 0.25) is 0 Å². The summed E-state index contributed by atoms with van der Waals surface area (Å²) in [6.45, 7) is 2.66. The van der Waals surface area contributed by atoms with Gasteiger partial charge in [-0.25, -0.2) is 0 Å². The van der Waals surface area contributed by atoms with Crippen molar-refractivity contribution in [1.82, 2.24) is 5.32 Å². The van der Waals surface area contributed by atoms with Crippen molar-refractivity contribution in [3.05, 3.63) is 0 Å². The zero-order valence-electron chi connectivity index (χ0n) is 8.24. The standard InChI is InChI=1S/C10H18ClNO/c1-10(5-3-2-4-6-10)9(13)12-8-7-11/h2-8H2,1H3,(H,12,13). The molecule has 0 unspecified atom stereocenters. The van der Waals surface area contributed by atoms with Crippen molar-refractivity contribution in [2.75, 3.05) is 12.4 Å². The first-order chi connectivity index (χ1) is 6.19. The minimum atomic E-state index is -0.121. The number of hydrogen-bond donors (Lipinski definition) is 1. The summed E-state index contributed by atoms with van der Waals surface area (Å²) in [7, 11) is 0. The van der Waals surface area contributed by atoms with Crippen molar-refractivity contribution < 1.29 is 4.79 Å². The van der Waals surface area contributed by atoms with Crippen molar-refractivity contribution in [2.45, 2.75) is 39.0 Å². The SMILES string of the molecule is CC1(C(=O)NCCCl)CCCCC1. The van der Waals surface area contributed by atoms with Crippen LogP contribution in [0.3, 0.4) is 0 Å². The number of halogens is 1. The van der Waals surface area contributed by atoms with E-state index in [-0.39, 0.29) is 11.3 Å². The Hall–Kier alpha value is -0.240. The van der Waals surface area contributed by atoms with Gasteiger partial charge in [0.25, 0.3) is 0 Å². The highest BCUT2D eigenvalue weighted by atomic mass is 35.5. The highest BCUT2D eigenvalue weighted by Gasteiger charge is 2.33. The molecule has 2 nitrogen and oxygen atoms in total. The maximum Gasteiger partial charge on any atom is 0.225 e. The molecule has 1 aliphatic carbocycles. The summed E-state index contributed by atoms with van der Waals surface area (Å²) in [5.41, 5.74) is -0.121. The quantitative estimate of drug-likeness (QED) is 0.701. The predicted octanol–water partition coefficient (Wildman–Crippen LogP) is 2.31. The molecule has 0 atom stereocenters. The second-order valence-corrected chi connectivity index (χ2v) is 4.44. The number of amides is 1. The number of hydrogen-bond acceptors (Lipinski definition) is 1. The zero-order valence-corrected chi connectivity index (χ0v) is 8.99. The lowest BCUT2D eigenvalue weighted by atomic mass is 9.75. The fraction of sp³-hybridized carbons (Fsp3) is 0.900. The van der Waals surface area contributed by atoms with E-state index in [9.17, 15) is 4.79 Å². The van der Waals surface area contributed by atoms with E-state index in [4.69, 9.17) is 11.6 Å². The molecule has 13 heavy (non-hydrogen) atoms. The van der Waals surface area contributed by atoms with Crippen LogP contribution in [0.15, 0.2) is 0 Å². The lowest BCUT2D eigenvalue weighted by Crippen LogP contribution is -2.40. The van der Waals surface area contributed by atoms with Crippen molar-refractivity contribution in [2.24, 2.45) is 5.41 Å². The van der Waals surface area contributed by atoms with E-state index >= 15 is 0 Å². The minimum Gasteiger partial charge on any atom is -0.354 e. The highest BCUT2D eigenvalue weighted by molar-refractivity contribution is 6.18. The molecule has 1 aliphatic rings. The van der Waals surface area contributed by atoms with E-state index in [0.717, 1.165) is 12.8 Å². The van der Waals surface area contributed by atoms with Gasteiger partial charge < -0.3 is 5.32 Å². The first-order valence-electron chi connectivity index (χ1n) is 5.03. The van der Waals surface area contributed by atoms with Crippen LogP contribution in [0, 0.1) is 5.41 Å². The molecular weight excluding hydrogens is 186 g/mol. The average molecular weight is 204 g/mol. The summed E-state index contributed by atoms with van der Waals surface area (Å²) in [6.07, 6.45) is 5.70. The van der Waals surface area contributed by atoms with E-state index in [1.54, 1.807) is 0 Å². The molecule has 1 amide bonds. The molecule has 0 aliphatic heterocycles. The van der Waals surface area contributed by atoms with Crippen LogP contribution in [0.25, 0.3) is 0 Å². The summed E-state index contributed by atoms with van der Waals surface area (Å²) in [6, 6.07) is 0. The van der Waals surface area contributed by atoms with Gasteiger partial charge in [0, 0.05) is 17.8 Å². The Morgan fingerprint density at radius 2 is 2.00 bits per heavy atom. The molecule has 0 radical (unpaired) electrons. The van der Waals surface area contributed by atoms with Gasteiger partial charge in [-0.15, -0.1) is 11.6 Å². The summed E-state index contributed by atoms with van der Waals surface area (Å²) >= 11 is 5.52. The Labute approximate surface area is 85.0 Å². The molecule has 1 N–H and O–H groups in total. The molecule has 1 fully saturated rings. The first kappa shape index (κ1) is 10.8. The topological polar surface area (TPSA) is 29.1 Å². The summed E-state index contributed by atoms with van der Waals surface area (Å²) in [5.74, 6) is 0.690. The molecule has 0 saturated heterocycles. The fourth-order valence-electron chi connectivity index (χ4n) is 1.93. The smallest absolute Gasteiger partial charge is 0.225 e. The maximum absolute atomic E-state index is 11.7. The van der Waals surface area contributed by atoms with Crippen molar-refractivity contribution in [3.63, 3.8) is 0 Å². The summed E-state index contributed by atoms with van der Waals surface area (Å²) < 4.78 is 0. The maximum atomic E-state index is 11.7. The van der Waals surface area contributed by atoms with Gasteiger partial charge in [-0.1, -0.05) is 26.2 Å². The van der Waals surface area contributed by atoms with Gasteiger partial charge in [0.15, 0.2) is 0 Å². The van der Waals surface area contributed by atoms with Crippen LogP contribution in [-0.4, -0.2) is 18.3 Å². The number of carbonyl (C=O) groups excluding carboxylic acids is 1. The Morgan fingerprint density at radius 3 is 2.54 bits per heavy atom. The van der Waals surface area contributed by atoms with Gasteiger partial charge in [0.2, 0.25) is 5.91 Å². The predicted molar refractivity (Wildman–Crippen MR) is 54.9 cm³/mol. The Morgan fingerprint density at radius 1 is 1.38 bits per heavy atom. The lowest BCUT2D eigenvalue weighted by Gasteiger charge is -2.31. The number of rotatable bonds is 3. The van der Waals surface area contributed by atoms with Gasteiger partial charge in [0.1, 0.15) is 0 Å². The van der Waals surface area contributed by atoms with Gasteiger partial charge in [0.05, 0.1) is 0 Å². The molecule has 3 heteroatoms. The highest BCUT2D eigenvalue weighted by Crippen LogP contribution is 2.35. The second kappa shape index (κ2) is 4.85. The molecule has 0 spiro atoms. The largest absolute Gasteiger partial charge is 0.354 e. The molecule has 0 aromatic heterocycles. The third-order valence-corrected chi connectivity index (χ3v) is 3.07. The van der Waals surface area contributed by atoms with Gasteiger partial charge in [-0.3, -0.25) is 4.79 Å². The number of nitrogens with one attached hydrogen (secondary N) is 1. The summed E-state index contributed by atoms with van der Waals surface area (Å²) in [4.78, 5) is 11.7. The van der Waals surface area contributed by atoms with Gasteiger partial charge >= 0.3 is 0 Å². The number of alkyl halides is 1. The third-order valence-electron chi connectivity index (χ3n) is 2.89. The molecule has 0 heterocycles. The van der Waals surface area contributed by atoms with Crippen LogP contribution >= 0.6 is 11.6 Å². The average Bonchev–Trinajstić information content (AvgIpc) is 2.15. The third kappa shape index (κ3) is 2.87. The molecule has 0 bridgehead atoms. The molecule has 0 aromatic rings. The molecule has 0 aromatic carbocycles. The Kier molecular flexibility index (Phi) is 4.04. The van der Waals surface area contributed by atoms with Crippen LogP contribution in [0.1, 0.15) is 39.0 Å². The molecular formula is C10H18ClNO. The van der Waals surface area contributed by atoms with Crippen molar-refractivity contribution in [1.29, 1.82) is 0 Å². The molecule has 1 rings (SSSR count). The first-order valence-corrected chi connectivity index (χ1v) is 5.57. The van der Waals surface area contributed by atoms with E-state index in [1.165, 1.54) is 19.3 Å². The van der Waals surface area contributed by atoms with E-state index in [2.05, 4.69) is 12.2 Å². The van der Waals surface area contributed by atoms with Crippen molar-refractivity contribution in [3.8, 4) is 0 Å². The zero-order chi connectivity index (χ0) is 9.73. The normalized spacial score (nSPS) is 21.1.